The van der Waals surface area contributed by atoms with Crippen molar-refractivity contribution in [3.05, 3.63) is 82.5 Å². The fraction of sp³-hybridized carbons (Fsp3) is 0.241. The van der Waals surface area contributed by atoms with Crippen LogP contribution in [0.15, 0.2) is 76.9 Å². The number of aliphatic imine (C=N–C) groups is 1. The lowest BCUT2D eigenvalue weighted by Crippen LogP contribution is -2.70. The molecule has 1 aromatic heterocycles. The van der Waals surface area contributed by atoms with E-state index in [1.54, 1.807) is 18.2 Å². The topological polar surface area (TPSA) is 158 Å². The molecule has 3 aliphatic heterocycles. The highest BCUT2D eigenvalue weighted by Crippen LogP contribution is 2.40. The fourth-order valence-corrected chi connectivity index (χ4v) is 8.22. The average molecular weight is 637 g/mol. The molecule has 0 spiro atoms. The molecule has 43 heavy (non-hydrogen) atoms. The summed E-state index contributed by atoms with van der Waals surface area (Å²) in [5.74, 6) is -1.56. The Bertz CT molecular complexity index is 1720. The number of carbonyl (C=O) groups is 4. The van der Waals surface area contributed by atoms with Crippen LogP contribution in [0.3, 0.4) is 0 Å². The van der Waals surface area contributed by atoms with Gasteiger partial charge in [-0.05, 0) is 35.4 Å². The first kappa shape index (κ1) is 29.0. The molecule has 14 heteroatoms. The van der Waals surface area contributed by atoms with Gasteiger partial charge in [-0.3, -0.25) is 19.5 Å². The quantitative estimate of drug-likeness (QED) is 0.282. The van der Waals surface area contributed by atoms with Crippen molar-refractivity contribution in [1.82, 2.24) is 15.2 Å². The van der Waals surface area contributed by atoms with E-state index in [9.17, 15) is 29.4 Å². The molecular weight excluding hydrogens is 613 g/mol. The predicted octanol–water partition coefficient (Wildman–Crippen LogP) is 3.16. The molecule has 6 rings (SSSR count). The zero-order chi connectivity index (χ0) is 30.1. The minimum absolute atomic E-state index is 0.0880. The molecule has 1 fully saturated rings. The smallest absolute Gasteiger partial charge is 0.352 e. The van der Waals surface area contributed by atoms with Crippen LogP contribution in [0.25, 0.3) is 10.2 Å². The van der Waals surface area contributed by atoms with E-state index in [-0.39, 0.29) is 24.6 Å². The van der Waals surface area contributed by atoms with Gasteiger partial charge in [-0.2, -0.15) is 0 Å². The van der Waals surface area contributed by atoms with Crippen LogP contribution in [0.2, 0.25) is 0 Å². The molecule has 1 saturated heterocycles. The van der Waals surface area contributed by atoms with E-state index in [0.717, 1.165) is 15.8 Å². The normalized spacial score (nSPS) is 21.5. The molecular formula is C29H24N4O7S3. The minimum Gasteiger partial charge on any atom is -0.489 e. The van der Waals surface area contributed by atoms with E-state index in [0.29, 0.717) is 32.9 Å². The SMILES string of the molecule is O=C(Cc1ccccc1)NC1C(=O)N2C(C(=O)O)=C(/C=C/COc3ccc4nc(C5=N[C@@H](C(=O)O)CS5)sc4c3)CSC12. The van der Waals surface area contributed by atoms with Gasteiger partial charge in [-0.25, -0.2) is 14.6 Å². The van der Waals surface area contributed by atoms with Crippen molar-refractivity contribution in [3.63, 3.8) is 0 Å². The number of carbonyl (C=O) groups excluding carboxylic acids is 2. The number of nitrogens with zero attached hydrogens (tertiary/aromatic N) is 3. The third-order valence-electron chi connectivity index (χ3n) is 6.87. The Morgan fingerprint density at radius 2 is 1.95 bits per heavy atom. The number of β-lactam (4-membered cyclic amide) rings is 1. The number of carboxylic acid groups (broad SMARTS) is 2. The number of nitrogens with one attached hydrogen (secondary N) is 1. The van der Waals surface area contributed by atoms with E-state index < -0.39 is 35.3 Å². The van der Waals surface area contributed by atoms with Crippen LogP contribution in [0, 0.1) is 0 Å². The van der Waals surface area contributed by atoms with Crippen LogP contribution in [-0.2, 0) is 25.6 Å². The zero-order valence-electron chi connectivity index (χ0n) is 22.3. The maximum atomic E-state index is 12.9. The Balaban J connectivity index is 1.08. The van der Waals surface area contributed by atoms with Gasteiger partial charge < -0.3 is 20.3 Å². The third kappa shape index (κ3) is 6.03. The number of thioether (sulfide) groups is 2. The summed E-state index contributed by atoms with van der Waals surface area (Å²) in [6, 6.07) is 13.1. The summed E-state index contributed by atoms with van der Waals surface area (Å²) in [7, 11) is 0. The van der Waals surface area contributed by atoms with Crippen molar-refractivity contribution in [2.45, 2.75) is 23.9 Å². The first-order valence-corrected chi connectivity index (χ1v) is 16.0. The lowest BCUT2D eigenvalue weighted by Gasteiger charge is -2.49. The summed E-state index contributed by atoms with van der Waals surface area (Å²) >= 11 is 4.18. The van der Waals surface area contributed by atoms with Crippen LogP contribution in [-0.4, -0.2) is 84.5 Å². The van der Waals surface area contributed by atoms with Gasteiger partial charge in [0.15, 0.2) is 6.04 Å². The number of rotatable bonds is 10. The Labute approximate surface area is 257 Å². The Kier molecular flexibility index (Phi) is 8.23. The van der Waals surface area contributed by atoms with E-state index in [1.807, 2.05) is 42.5 Å². The number of fused-ring (bicyclic) bond motifs is 2. The lowest BCUT2D eigenvalue weighted by atomic mass is 10.0. The number of aromatic nitrogens is 1. The van der Waals surface area contributed by atoms with Crippen molar-refractivity contribution in [2.24, 2.45) is 4.99 Å². The van der Waals surface area contributed by atoms with Crippen LogP contribution in [0.5, 0.6) is 5.75 Å². The number of aliphatic carboxylic acids is 2. The minimum atomic E-state index is -1.21. The molecule has 3 N–H and O–H groups in total. The zero-order valence-corrected chi connectivity index (χ0v) is 24.8. The summed E-state index contributed by atoms with van der Waals surface area (Å²) in [6.45, 7) is 0.163. The Morgan fingerprint density at radius 1 is 1.14 bits per heavy atom. The van der Waals surface area contributed by atoms with Crippen LogP contribution in [0.1, 0.15) is 10.6 Å². The van der Waals surface area contributed by atoms with Gasteiger partial charge >= 0.3 is 11.9 Å². The van der Waals surface area contributed by atoms with E-state index in [4.69, 9.17) is 4.74 Å². The number of amides is 2. The van der Waals surface area contributed by atoms with Gasteiger partial charge in [0.1, 0.15) is 39.5 Å². The maximum Gasteiger partial charge on any atom is 0.352 e. The molecule has 2 amide bonds. The summed E-state index contributed by atoms with van der Waals surface area (Å²) < 4.78 is 6.72. The molecule has 0 saturated carbocycles. The highest BCUT2D eigenvalue weighted by atomic mass is 32.2. The van der Waals surface area contributed by atoms with E-state index >= 15 is 0 Å². The summed E-state index contributed by atoms with van der Waals surface area (Å²) in [5, 5.41) is 22.7. The summed E-state index contributed by atoms with van der Waals surface area (Å²) in [4.78, 5) is 58.8. The molecule has 0 bridgehead atoms. The second kappa shape index (κ2) is 12.2. The monoisotopic (exact) mass is 636 g/mol. The highest BCUT2D eigenvalue weighted by molar-refractivity contribution is 8.15. The first-order valence-electron chi connectivity index (χ1n) is 13.2. The number of benzene rings is 2. The molecule has 0 radical (unpaired) electrons. The number of thiazole rings is 1. The average Bonchev–Trinajstić information content (AvgIpc) is 3.66. The van der Waals surface area contributed by atoms with Gasteiger partial charge in [0.25, 0.3) is 5.91 Å². The van der Waals surface area contributed by atoms with Crippen molar-refractivity contribution in [2.75, 3.05) is 18.1 Å². The molecule has 2 unspecified atom stereocenters. The van der Waals surface area contributed by atoms with Crippen LogP contribution in [0.4, 0.5) is 0 Å². The molecule has 4 heterocycles. The number of hydrogen-bond acceptors (Lipinski definition) is 10. The van der Waals surface area contributed by atoms with Gasteiger partial charge in [-0.1, -0.05) is 36.4 Å². The first-order chi connectivity index (χ1) is 20.8. The second-order valence-electron chi connectivity index (χ2n) is 9.76. The molecule has 0 aliphatic carbocycles. The fourth-order valence-electron chi connectivity index (χ4n) is 4.82. The number of carboxylic acids is 2. The highest BCUT2D eigenvalue weighted by Gasteiger charge is 2.53. The van der Waals surface area contributed by atoms with Gasteiger partial charge in [-0.15, -0.1) is 34.9 Å². The molecule has 11 nitrogen and oxygen atoms in total. The van der Waals surface area contributed by atoms with Crippen molar-refractivity contribution >= 4 is 73.9 Å². The Morgan fingerprint density at radius 3 is 2.70 bits per heavy atom. The summed E-state index contributed by atoms with van der Waals surface area (Å²) in [5.41, 5.74) is 1.97. The predicted molar refractivity (Wildman–Crippen MR) is 165 cm³/mol. The third-order valence-corrected chi connectivity index (χ3v) is 10.4. The van der Waals surface area contributed by atoms with Crippen LogP contribution < -0.4 is 10.1 Å². The van der Waals surface area contributed by atoms with Gasteiger partial charge in [0.05, 0.1) is 16.6 Å². The number of ether oxygens (including phenoxy) is 1. The molecule has 3 aromatic rings. The largest absolute Gasteiger partial charge is 0.489 e. The van der Waals surface area contributed by atoms with E-state index in [1.165, 1.54) is 39.8 Å². The van der Waals surface area contributed by atoms with Crippen molar-refractivity contribution in [1.29, 1.82) is 0 Å². The van der Waals surface area contributed by atoms with Crippen molar-refractivity contribution < 1.29 is 34.1 Å². The van der Waals surface area contributed by atoms with E-state index in [2.05, 4.69) is 15.3 Å². The van der Waals surface area contributed by atoms with Crippen molar-refractivity contribution in [3.8, 4) is 5.75 Å². The summed E-state index contributed by atoms with van der Waals surface area (Å²) in [6.07, 6.45) is 3.48. The molecule has 220 valence electrons. The van der Waals surface area contributed by atoms with Crippen LogP contribution >= 0.6 is 34.9 Å². The van der Waals surface area contributed by atoms with Gasteiger partial charge in [0, 0.05) is 11.5 Å². The number of allylic oxidation sites excluding steroid dienone is 1. The maximum absolute atomic E-state index is 12.9. The number of hydrogen-bond donors (Lipinski definition) is 3. The van der Waals surface area contributed by atoms with Gasteiger partial charge in [0.2, 0.25) is 5.91 Å². The molecule has 2 aromatic carbocycles. The second-order valence-corrected chi connectivity index (χ2v) is 12.9. The lowest BCUT2D eigenvalue weighted by molar-refractivity contribution is -0.150. The molecule has 3 aliphatic rings. The molecule has 3 atom stereocenters. The Hall–Kier alpha value is -4.14. The standard InChI is InChI=1S/C29H24N4O7S3/c34-21(11-15-5-2-1-3-6-15)32-22-26(35)33-23(29(38)39)16(13-42-27(22)33)7-4-10-40-17-8-9-18-20(12-17)43-25(30-18)24-31-19(14-41-24)28(36)37/h1-9,12,19,22,27H,10-11,13-14H2,(H,32,34)(H,36,37)(H,38,39)/b7-4+/t19-,22?,27?/m1/s1.